The second-order valence-corrected chi connectivity index (χ2v) is 5.41. The molecule has 0 aliphatic rings. The van der Waals surface area contributed by atoms with Gasteiger partial charge in [-0.2, -0.15) is 0 Å². The number of aromatic nitrogens is 1. The van der Waals surface area contributed by atoms with E-state index in [1.54, 1.807) is 18.4 Å². The topological polar surface area (TPSA) is 44.5 Å². The second kappa shape index (κ2) is 6.01. The summed E-state index contributed by atoms with van der Waals surface area (Å²) in [6.07, 6.45) is 0. The van der Waals surface area contributed by atoms with Crippen molar-refractivity contribution in [1.82, 2.24) is 4.98 Å². The van der Waals surface area contributed by atoms with E-state index in [0.29, 0.717) is 12.5 Å². The van der Waals surface area contributed by atoms with Gasteiger partial charge in [0.05, 0.1) is 12.0 Å². The number of oxazole rings is 1. The molecule has 2 heterocycles. The molecule has 1 aromatic carbocycles. The molecule has 5 heteroatoms. The zero-order valence-corrected chi connectivity index (χ0v) is 12.6. The monoisotopic (exact) mass is 301 g/mol. The molecule has 0 amide bonds. The van der Waals surface area contributed by atoms with Crippen LogP contribution in [0.3, 0.4) is 0 Å². The average Bonchev–Trinajstić information content (AvgIpc) is 3.15. The van der Waals surface area contributed by atoms with Crippen molar-refractivity contribution in [2.75, 3.05) is 7.11 Å². The molecule has 0 aliphatic heterocycles. The molecule has 0 N–H and O–H groups in total. The van der Waals surface area contributed by atoms with Crippen LogP contribution in [0.2, 0.25) is 0 Å². The number of methoxy groups -OCH3 is 1. The van der Waals surface area contributed by atoms with Gasteiger partial charge in [0, 0.05) is 6.07 Å². The fraction of sp³-hybridized carbons (Fsp3) is 0.188. The van der Waals surface area contributed by atoms with Crippen LogP contribution < -0.4 is 9.47 Å². The van der Waals surface area contributed by atoms with Gasteiger partial charge in [0.1, 0.15) is 29.6 Å². The number of thiophene rings is 1. The van der Waals surface area contributed by atoms with Crippen LogP contribution in [0.5, 0.6) is 11.5 Å². The summed E-state index contributed by atoms with van der Waals surface area (Å²) in [5, 5.41) is 2.00. The number of aryl methyl sites for hydroxylation is 1. The van der Waals surface area contributed by atoms with Crippen molar-refractivity contribution in [3.8, 4) is 22.3 Å². The lowest BCUT2D eigenvalue weighted by molar-refractivity contribution is 0.297. The molecular formula is C16H15NO3S. The third-order valence-corrected chi connectivity index (χ3v) is 3.90. The highest BCUT2D eigenvalue weighted by atomic mass is 32.1. The molecule has 0 radical (unpaired) electrons. The average molecular weight is 301 g/mol. The molecule has 2 aromatic heterocycles. The zero-order valence-electron chi connectivity index (χ0n) is 11.8. The summed E-state index contributed by atoms with van der Waals surface area (Å²) in [6.45, 7) is 2.27. The quantitative estimate of drug-likeness (QED) is 0.705. The van der Waals surface area contributed by atoms with Crippen molar-refractivity contribution in [2.24, 2.45) is 0 Å². The lowest BCUT2D eigenvalue weighted by atomic mass is 10.3. The molecule has 0 bridgehead atoms. The second-order valence-electron chi connectivity index (χ2n) is 4.47. The molecule has 4 nitrogen and oxygen atoms in total. The van der Waals surface area contributed by atoms with Gasteiger partial charge in [0.15, 0.2) is 0 Å². The first kappa shape index (κ1) is 13.7. The molecule has 21 heavy (non-hydrogen) atoms. The van der Waals surface area contributed by atoms with Crippen molar-refractivity contribution in [1.29, 1.82) is 0 Å². The Morgan fingerprint density at radius 3 is 2.81 bits per heavy atom. The van der Waals surface area contributed by atoms with Crippen molar-refractivity contribution in [3.63, 3.8) is 0 Å². The molecule has 0 aliphatic carbocycles. The number of nitrogens with zero attached hydrogens (tertiary/aromatic N) is 1. The number of hydrogen-bond acceptors (Lipinski definition) is 5. The Kier molecular flexibility index (Phi) is 3.92. The highest BCUT2D eigenvalue weighted by Crippen LogP contribution is 2.27. The van der Waals surface area contributed by atoms with Gasteiger partial charge in [-0.15, -0.1) is 11.3 Å². The lowest BCUT2D eigenvalue weighted by Crippen LogP contribution is -1.97. The van der Waals surface area contributed by atoms with Crippen LogP contribution in [0.15, 0.2) is 46.2 Å². The SMILES string of the molecule is COc1cccc(OCc2nc(-c3cccs3)oc2C)c1. The minimum absolute atomic E-state index is 0.369. The van der Waals surface area contributed by atoms with Gasteiger partial charge in [0.25, 0.3) is 0 Å². The predicted molar refractivity (Wildman–Crippen MR) is 81.9 cm³/mol. The van der Waals surface area contributed by atoms with Crippen molar-refractivity contribution in [3.05, 3.63) is 53.2 Å². The van der Waals surface area contributed by atoms with Gasteiger partial charge in [-0.3, -0.25) is 0 Å². The van der Waals surface area contributed by atoms with Crippen LogP contribution in [0.1, 0.15) is 11.5 Å². The van der Waals surface area contributed by atoms with E-state index in [4.69, 9.17) is 13.9 Å². The highest BCUT2D eigenvalue weighted by molar-refractivity contribution is 7.13. The Balaban J connectivity index is 1.73. The summed E-state index contributed by atoms with van der Waals surface area (Å²) < 4.78 is 16.6. The molecule has 0 saturated heterocycles. The predicted octanol–water partition coefficient (Wildman–Crippen LogP) is 4.30. The van der Waals surface area contributed by atoms with Crippen molar-refractivity contribution in [2.45, 2.75) is 13.5 Å². The van der Waals surface area contributed by atoms with Crippen LogP contribution in [-0.4, -0.2) is 12.1 Å². The normalized spacial score (nSPS) is 10.6. The van der Waals surface area contributed by atoms with Crippen LogP contribution in [0.25, 0.3) is 10.8 Å². The first-order valence-electron chi connectivity index (χ1n) is 6.53. The molecule has 0 fully saturated rings. The van der Waals surface area contributed by atoms with Gasteiger partial charge in [0.2, 0.25) is 5.89 Å². The fourth-order valence-corrected chi connectivity index (χ4v) is 2.56. The number of rotatable bonds is 5. The van der Waals surface area contributed by atoms with Crippen LogP contribution in [0, 0.1) is 6.92 Å². The van der Waals surface area contributed by atoms with Gasteiger partial charge in [-0.1, -0.05) is 12.1 Å². The minimum Gasteiger partial charge on any atom is -0.497 e. The first-order valence-corrected chi connectivity index (χ1v) is 7.41. The molecule has 0 saturated carbocycles. The number of hydrogen-bond donors (Lipinski definition) is 0. The van der Waals surface area contributed by atoms with E-state index < -0.39 is 0 Å². The van der Waals surface area contributed by atoms with E-state index in [1.807, 2.05) is 48.7 Å². The van der Waals surface area contributed by atoms with E-state index >= 15 is 0 Å². The minimum atomic E-state index is 0.369. The van der Waals surface area contributed by atoms with E-state index in [-0.39, 0.29) is 0 Å². The van der Waals surface area contributed by atoms with Gasteiger partial charge >= 0.3 is 0 Å². The maximum atomic E-state index is 5.75. The largest absolute Gasteiger partial charge is 0.497 e. The Labute approximate surface area is 127 Å². The van der Waals surface area contributed by atoms with Crippen molar-refractivity contribution < 1.29 is 13.9 Å². The van der Waals surface area contributed by atoms with Crippen LogP contribution in [0.4, 0.5) is 0 Å². The molecule has 3 rings (SSSR count). The summed E-state index contributed by atoms with van der Waals surface area (Å²) >= 11 is 1.60. The smallest absolute Gasteiger partial charge is 0.236 e. The zero-order chi connectivity index (χ0) is 14.7. The van der Waals surface area contributed by atoms with E-state index in [0.717, 1.165) is 27.8 Å². The number of ether oxygens (including phenoxy) is 2. The van der Waals surface area contributed by atoms with Gasteiger partial charge in [-0.05, 0) is 30.5 Å². The number of benzene rings is 1. The van der Waals surface area contributed by atoms with Gasteiger partial charge in [-0.25, -0.2) is 4.98 Å². The summed E-state index contributed by atoms with van der Waals surface area (Å²) in [5.74, 6) is 2.94. The van der Waals surface area contributed by atoms with E-state index in [1.165, 1.54) is 0 Å². The molecular weight excluding hydrogens is 286 g/mol. The maximum Gasteiger partial charge on any atom is 0.236 e. The Bertz CT molecular complexity index is 719. The Morgan fingerprint density at radius 2 is 2.05 bits per heavy atom. The summed E-state index contributed by atoms with van der Waals surface area (Å²) in [5.41, 5.74) is 0.807. The molecule has 0 unspecified atom stereocenters. The molecule has 0 spiro atoms. The standard InChI is InChI=1S/C16H15NO3S/c1-11-14(17-16(20-11)15-7-4-8-21-15)10-19-13-6-3-5-12(9-13)18-2/h3-9H,10H2,1-2H3. The third-order valence-electron chi connectivity index (χ3n) is 3.04. The van der Waals surface area contributed by atoms with Gasteiger partial charge < -0.3 is 13.9 Å². The van der Waals surface area contributed by atoms with Crippen LogP contribution >= 0.6 is 11.3 Å². The lowest BCUT2D eigenvalue weighted by Gasteiger charge is -2.06. The van der Waals surface area contributed by atoms with Crippen LogP contribution in [-0.2, 0) is 6.61 Å². The summed E-state index contributed by atoms with van der Waals surface area (Å²) in [6, 6.07) is 11.5. The fourth-order valence-electron chi connectivity index (χ4n) is 1.91. The van der Waals surface area contributed by atoms with Crippen molar-refractivity contribution >= 4 is 11.3 Å². The van der Waals surface area contributed by atoms with E-state index in [9.17, 15) is 0 Å². The summed E-state index contributed by atoms with van der Waals surface area (Å²) in [4.78, 5) is 5.52. The molecule has 108 valence electrons. The maximum absolute atomic E-state index is 5.75. The molecule has 0 atom stereocenters. The summed E-state index contributed by atoms with van der Waals surface area (Å²) in [7, 11) is 1.63. The first-order chi connectivity index (χ1) is 10.3. The molecule has 3 aromatic rings. The van der Waals surface area contributed by atoms with E-state index in [2.05, 4.69) is 4.98 Å². The third kappa shape index (κ3) is 3.08. The Morgan fingerprint density at radius 1 is 1.19 bits per heavy atom. The highest BCUT2D eigenvalue weighted by Gasteiger charge is 2.12. The Hall–Kier alpha value is -2.27.